The number of rotatable bonds is 16. The SMILES string of the molecule is C.CCNS(=O)(=O)c1cc(C=O)ccc1-c1cnc(C2CCC(NC(=O)OC(C)C)CC2)s1.CCNS(=O)(=O)c1cc(CO)ccc1-c1cnc(C2CCC(NC(=O)OC(C)C)CC2)s1.[O]=[Mn]=[O]. The van der Waals surface area contributed by atoms with Crippen LogP contribution in [0.15, 0.2) is 58.6 Å². The van der Waals surface area contributed by atoms with Gasteiger partial charge in [0.15, 0.2) is 0 Å². The number of carbonyl (C=O) groups excluding carboxylic acids is 3. The molecule has 2 heterocycles. The number of aldehydes is 1. The second-order valence-electron chi connectivity index (χ2n) is 16.3. The summed E-state index contributed by atoms with van der Waals surface area (Å²) in [5.41, 5.74) is 1.96. The van der Waals surface area contributed by atoms with Crippen molar-refractivity contribution in [3.8, 4) is 20.9 Å². The Morgan fingerprint density at radius 1 is 0.721 bits per heavy atom. The van der Waals surface area contributed by atoms with Gasteiger partial charge in [-0.25, -0.2) is 45.8 Å². The third-order valence-electron chi connectivity index (χ3n) is 10.7. The van der Waals surface area contributed by atoms with Crippen LogP contribution in [0.2, 0.25) is 0 Å². The summed E-state index contributed by atoms with van der Waals surface area (Å²) in [5.74, 6) is 0.537. The molecule has 2 aromatic heterocycles. The summed E-state index contributed by atoms with van der Waals surface area (Å²) in [6.45, 7) is 11.0. The van der Waals surface area contributed by atoms with Crippen LogP contribution >= 0.6 is 22.7 Å². The molecule has 2 amide bonds. The molecule has 2 aromatic carbocycles. The molecule has 0 saturated heterocycles. The third kappa shape index (κ3) is 17.0. The van der Waals surface area contributed by atoms with E-state index in [1.54, 1.807) is 50.5 Å². The average Bonchev–Trinajstić information content (AvgIpc) is 3.98. The van der Waals surface area contributed by atoms with E-state index in [0.717, 1.165) is 71.1 Å². The Morgan fingerprint density at radius 3 is 1.49 bits per heavy atom. The van der Waals surface area contributed by atoms with Crippen LogP contribution in [0.25, 0.3) is 20.9 Å². The fourth-order valence-electron chi connectivity index (χ4n) is 7.67. The van der Waals surface area contributed by atoms with Crippen LogP contribution in [-0.2, 0) is 58.6 Å². The summed E-state index contributed by atoms with van der Waals surface area (Å²) in [6, 6.07) is 9.82. The standard InChI is InChI=1S/C22H31N3O5S2.C22H29N3O5S2.CH4.Mn.2O/c2*1-4-24-32(28,29)20-11-15(13-26)5-10-18(20)19-12-23-21(31-19)16-6-8-17(9-7-16)25-22(27)30-14(2)3;;;;/h5,10-12,14,16-17,24,26H,4,6-9,13H2,1-3H3,(H,25,27);5,10-14,16-17,24H,4,6-9H2,1-3H3,(H,25,27);1H4;;;. The quantitative estimate of drug-likeness (QED) is 0.0523. The number of nitrogens with zero attached hydrogens (tertiary/aromatic N) is 2. The summed E-state index contributed by atoms with van der Waals surface area (Å²) >= 11 is 1.54. The topological polar surface area (TPSA) is 266 Å². The van der Waals surface area contributed by atoms with Crippen molar-refractivity contribution in [2.24, 2.45) is 0 Å². The van der Waals surface area contributed by atoms with E-state index in [1.807, 2.05) is 27.7 Å². The van der Waals surface area contributed by atoms with Crippen molar-refractivity contribution in [1.29, 1.82) is 0 Å². The molecule has 18 nitrogen and oxygen atoms in total. The van der Waals surface area contributed by atoms with Crippen molar-refractivity contribution in [3.05, 3.63) is 69.9 Å². The molecule has 6 rings (SSSR count). The first-order valence-corrected chi connectivity index (χ1v) is 27.5. The van der Waals surface area contributed by atoms with Crippen LogP contribution in [0.5, 0.6) is 0 Å². The monoisotopic (exact) mass is 1060 g/mol. The number of aliphatic hydroxyl groups excluding tert-OH is 1. The Kier molecular flexibility index (Phi) is 23.8. The van der Waals surface area contributed by atoms with Gasteiger partial charge < -0.3 is 25.2 Å². The van der Waals surface area contributed by atoms with Gasteiger partial charge in [-0.15, -0.1) is 22.7 Å². The van der Waals surface area contributed by atoms with Gasteiger partial charge in [0.25, 0.3) is 0 Å². The van der Waals surface area contributed by atoms with Crippen LogP contribution in [0, 0.1) is 0 Å². The van der Waals surface area contributed by atoms with E-state index in [9.17, 15) is 36.3 Å². The number of nitrogens with one attached hydrogen (secondary N) is 4. The first-order chi connectivity index (χ1) is 31.9. The van der Waals surface area contributed by atoms with Gasteiger partial charge in [0, 0.05) is 66.1 Å². The summed E-state index contributed by atoms with van der Waals surface area (Å²) < 4.78 is 83.0. The zero-order valence-corrected chi connectivity index (χ0v) is 42.7. The molecule has 2 saturated carbocycles. The number of amides is 2. The fourth-order valence-corrected chi connectivity index (χ4v) is 12.7. The van der Waals surface area contributed by atoms with Gasteiger partial charge in [-0.2, -0.15) is 0 Å². The van der Waals surface area contributed by atoms with Crippen LogP contribution in [0.3, 0.4) is 0 Å². The molecule has 2 aliphatic rings. The molecule has 0 unspecified atom stereocenters. The summed E-state index contributed by atoms with van der Waals surface area (Å²) in [7, 11) is -7.45. The summed E-state index contributed by atoms with van der Waals surface area (Å²) in [6.07, 6.45) is 9.92. The molecule has 0 spiro atoms. The molecular formula is C45H64MnN6O12S4. The molecule has 0 aliphatic heterocycles. The third-order valence-corrected chi connectivity index (χ3v) is 16.2. The van der Waals surface area contributed by atoms with E-state index in [1.165, 1.54) is 34.8 Å². The number of aromatic nitrogens is 2. The Bertz CT molecular complexity index is 2530. The summed E-state index contributed by atoms with van der Waals surface area (Å²) in [5, 5.41) is 17.2. The number of aliphatic hydroxyl groups is 1. The predicted molar refractivity (Wildman–Crippen MR) is 256 cm³/mol. The second kappa shape index (κ2) is 27.9. The Morgan fingerprint density at radius 2 is 1.12 bits per heavy atom. The van der Waals surface area contributed by atoms with Crippen molar-refractivity contribution in [3.63, 3.8) is 0 Å². The number of sulfonamides is 2. The molecule has 5 N–H and O–H groups in total. The first-order valence-electron chi connectivity index (χ1n) is 22.0. The van der Waals surface area contributed by atoms with Crippen molar-refractivity contribution in [2.45, 2.75) is 153 Å². The van der Waals surface area contributed by atoms with Crippen LogP contribution in [0.1, 0.15) is 138 Å². The molecular weight excluding hydrogens is 1000 g/mol. The van der Waals surface area contributed by atoms with E-state index in [4.69, 9.17) is 17.1 Å². The maximum absolute atomic E-state index is 12.7. The van der Waals surface area contributed by atoms with Crippen molar-refractivity contribution in [1.82, 2.24) is 30.0 Å². The van der Waals surface area contributed by atoms with Crippen molar-refractivity contribution >= 4 is 61.2 Å². The number of ether oxygens (including phenoxy) is 2. The number of hydrogen-bond acceptors (Lipinski definition) is 16. The Balaban J connectivity index is 0.000000336. The average molecular weight is 1060 g/mol. The molecule has 2 aliphatic carbocycles. The Hall–Kier alpha value is -4.19. The number of benzene rings is 2. The predicted octanol–water partition coefficient (Wildman–Crippen LogP) is 8.24. The molecule has 377 valence electrons. The zero-order chi connectivity index (χ0) is 49.3. The van der Waals surface area contributed by atoms with Gasteiger partial charge in [0.05, 0.1) is 48.4 Å². The fraction of sp³-hybridized carbons (Fsp3) is 0.533. The molecule has 0 bridgehead atoms. The minimum atomic E-state index is -3.75. The van der Waals surface area contributed by atoms with Crippen LogP contribution < -0.4 is 20.1 Å². The van der Waals surface area contributed by atoms with Crippen molar-refractivity contribution in [2.75, 3.05) is 13.1 Å². The molecule has 4 aromatic rings. The molecule has 0 atom stereocenters. The van der Waals surface area contributed by atoms with E-state index in [-0.39, 0.29) is 85.2 Å². The van der Waals surface area contributed by atoms with Crippen LogP contribution in [-0.4, -0.2) is 87.8 Å². The Labute approximate surface area is 413 Å². The van der Waals surface area contributed by atoms with Gasteiger partial charge >= 0.3 is 34.7 Å². The summed E-state index contributed by atoms with van der Waals surface area (Å²) in [4.78, 5) is 45.8. The van der Waals surface area contributed by atoms with E-state index in [2.05, 4.69) is 30.0 Å². The molecule has 0 radical (unpaired) electrons. The van der Waals surface area contributed by atoms with Gasteiger partial charge in [0.1, 0.15) is 6.29 Å². The van der Waals surface area contributed by atoms with Gasteiger partial charge in [-0.1, -0.05) is 45.5 Å². The van der Waals surface area contributed by atoms with E-state index < -0.39 is 34.9 Å². The molecule has 68 heavy (non-hydrogen) atoms. The zero-order valence-electron chi connectivity index (χ0n) is 38.3. The number of thiazole rings is 2. The maximum atomic E-state index is 12.7. The minimum absolute atomic E-state index is 0. The van der Waals surface area contributed by atoms with Gasteiger partial charge in [0.2, 0.25) is 20.0 Å². The van der Waals surface area contributed by atoms with E-state index >= 15 is 0 Å². The number of carbonyl (C=O) groups is 3. The van der Waals surface area contributed by atoms with Gasteiger partial charge in [-0.05, 0) is 96.8 Å². The molecule has 2 fully saturated rings. The normalized spacial score (nSPS) is 18.1. The number of hydrogen-bond donors (Lipinski definition) is 5. The van der Waals surface area contributed by atoms with Gasteiger partial charge in [-0.3, -0.25) is 4.79 Å². The van der Waals surface area contributed by atoms with Crippen LogP contribution in [0.4, 0.5) is 9.59 Å². The number of alkyl carbamates (subject to hydrolysis) is 2. The van der Waals surface area contributed by atoms with Crippen molar-refractivity contribution < 1.29 is 68.3 Å². The molecule has 23 heteroatoms. The van der Waals surface area contributed by atoms with E-state index in [0.29, 0.717) is 28.5 Å². The first kappa shape index (κ1) is 58.1. The second-order valence-corrected chi connectivity index (χ2v) is 22.1.